The maximum absolute atomic E-state index is 12.0. The Hall–Kier alpha value is -1.81. The molecule has 0 saturated carbocycles. The summed E-state index contributed by atoms with van der Waals surface area (Å²) in [6, 6.07) is 6.77. The van der Waals surface area contributed by atoms with Crippen LogP contribution in [0, 0.1) is 0 Å². The summed E-state index contributed by atoms with van der Waals surface area (Å²) in [4.78, 5) is 12.0. The van der Waals surface area contributed by atoms with E-state index in [4.69, 9.17) is 9.84 Å². The molecule has 0 aliphatic heterocycles. The van der Waals surface area contributed by atoms with Gasteiger partial charge in [-0.2, -0.15) is 0 Å². The van der Waals surface area contributed by atoms with Crippen LogP contribution in [-0.2, 0) is 0 Å². The first-order valence-corrected chi connectivity index (χ1v) is 5.97. The average molecular weight is 249 g/mol. The lowest BCUT2D eigenvalue weighted by atomic mass is 10.1. The lowest BCUT2D eigenvalue weighted by Crippen LogP contribution is -2.37. The van der Waals surface area contributed by atoms with Crippen LogP contribution in [0.5, 0.6) is 5.75 Å². The van der Waals surface area contributed by atoms with Crippen molar-refractivity contribution in [1.29, 1.82) is 0 Å². The number of aliphatic hydroxyl groups excluding tert-OH is 1. The van der Waals surface area contributed by atoms with Crippen LogP contribution in [0.3, 0.4) is 0 Å². The fourth-order valence-electron chi connectivity index (χ4n) is 1.47. The molecule has 0 fully saturated rings. The molecule has 1 rings (SSSR count). The molecule has 1 unspecified atom stereocenters. The normalized spacial score (nSPS) is 11.7. The van der Waals surface area contributed by atoms with Crippen LogP contribution >= 0.6 is 0 Å². The summed E-state index contributed by atoms with van der Waals surface area (Å²) >= 11 is 0. The molecule has 1 aromatic carbocycles. The van der Waals surface area contributed by atoms with Crippen molar-refractivity contribution in [2.24, 2.45) is 0 Å². The minimum atomic E-state index is -0.240. The van der Waals surface area contributed by atoms with E-state index in [-0.39, 0.29) is 18.6 Å². The van der Waals surface area contributed by atoms with E-state index in [1.807, 2.05) is 6.92 Å². The number of nitrogens with one attached hydrogen (secondary N) is 1. The Morgan fingerprint density at radius 2 is 2.28 bits per heavy atom. The van der Waals surface area contributed by atoms with Gasteiger partial charge in [-0.1, -0.05) is 31.7 Å². The Kier molecular flexibility index (Phi) is 5.94. The zero-order chi connectivity index (χ0) is 13.4. The van der Waals surface area contributed by atoms with Crippen LogP contribution in [0.15, 0.2) is 36.9 Å². The number of hydrogen-bond acceptors (Lipinski definition) is 3. The number of hydrogen-bond donors (Lipinski definition) is 2. The topological polar surface area (TPSA) is 58.6 Å². The van der Waals surface area contributed by atoms with Crippen molar-refractivity contribution in [3.63, 3.8) is 0 Å². The second kappa shape index (κ2) is 7.50. The SMILES string of the molecule is C=CCOc1ccccc1C(=O)NC(CC)CO. The zero-order valence-corrected chi connectivity index (χ0v) is 10.6. The summed E-state index contributed by atoms with van der Waals surface area (Å²) in [7, 11) is 0. The number of para-hydroxylation sites is 1. The summed E-state index contributed by atoms with van der Waals surface area (Å²) in [6.07, 6.45) is 2.30. The molecule has 4 nitrogen and oxygen atoms in total. The van der Waals surface area contributed by atoms with Crippen LogP contribution in [-0.4, -0.2) is 30.3 Å². The highest BCUT2D eigenvalue weighted by molar-refractivity contribution is 5.97. The van der Waals surface area contributed by atoms with Gasteiger partial charge < -0.3 is 15.2 Å². The number of ether oxygens (including phenoxy) is 1. The second-order valence-corrected chi connectivity index (χ2v) is 3.86. The van der Waals surface area contributed by atoms with Crippen LogP contribution in [0.25, 0.3) is 0 Å². The predicted octanol–water partition coefficient (Wildman–Crippen LogP) is 1.75. The first-order valence-electron chi connectivity index (χ1n) is 5.97. The molecule has 0 aliphatic carbocycles. The van der Waals surface area contributed by atoms with E-state index in [0.717, 1.165) is 0 Å². The Bertz CT molecular complexity index is 400. The van der Waals surface area contributed by atoms with Crippen molar-refractivity contribution in [2.45, 2.75) is 19.4 Å². The van der Waals surface area contributed by atoms with Crippen molar-refractivity contribution >= 4 is 5.91 Å². The monoisotopic (exact) mass is 249 g/mol. The zero-order valence-electron chi connectivity index (χ0n) is 10.6. The van der Waals surface area contributed by atoms with Gasteiger partial charge in [-0.15, -0.1) is 0 Å². The molecule has 1 aromatic rings. The molecule has 2 N–H and O–H groups in total. The van der Waals surface area contributed by atoms with Gasteiger partial charge >= 0.3 is 0 Å². The van der Waals surface area contributed by atoms with E-state index in [0.29, 0.717) is 24.3 Å². The molecule has 0 heterocycles. The standard InChI is InChI=1S/C14H19NO3/c1-3-9-18-13-8-6-5-7-12(13)14(17)15-11(4-2)10-16/h3,5-8,11,16H,1,4,9-10H2,2H3,(H,15,17). The summed E-state index contributed by atoms with van der Waals surface area (Å²) < 4.78 is 5.41. The first kappa shape index (κ1) is 14.3. The highest BCUT2D eigenvalue weighted by Crippen LogP contribution is 2.18. The second-order valence-electron chi connectivity index (χ2n) is 3.86. The van der Waals surface area contributed by atoms with Crippen molar-refractivity contribution in [3.8, 4) is 5.75 Å². The fourth-order valence-corrected chi connectivity index (χ4v) is 1.47. The average Bonchev–Trinajstić information content (AvgIpc) is 2.42. The van der Waals surface area contributed by atoms with Gasteiger partial charge in [0.05, 0.1) is 18.2 Å². The van der Waals surface area contributed by atoms with E-state index in [1.165, 1.54) is 0 Å². The fraction of sp³-hybridized carbons (Fsp3) is 0.357. The van der Waals surface area contributed by atoms with Gasteiger partial charge in [0.15, 0.2) is 0 Å². The molecule has 98 valence electrons. The Morgan fingerprint density at radius 1 is 1.56 bits per heavy atom. The third-order valence-corrected chi connectivity index (χ3v) is 2.54. The maximum Gasteiger partial charge on any atom is 0.255 e. The van der Waals surface area contributed by atoms with Crippen molar-refractivity contribution in [1.82, 2.24) is 5.32 Å². The van der Waals surface area contributed by atoms with Gasteiger partial charge in [0, 0.05) is 0 Å². The molecule has 0 aliphatic rings. The van der Waals surface area contributed by atoms with E-state index in [9.17, 15) is 4.79 Å². The third-order valence-electron chi connectivity index (χ3n) is 2.54. The van der Waals surface area contributed by atoms with Gasteiger partial charge in [-0.25, -0.2) is 0 Å². The summed E-state index contributed by atoms with van der Waals surface area (Å²) in [5.41, 5.74) is 0.464. The van der Waals surface area contributed by atoms with Crippen molar-refractivity contribution in [2.75, 3.05) is 13.2 Å². The molecule has 18 heavy (non-hydrogen) atoms. The van der Waals surface area contributed by atoms with E-state index in [2.05, 4.69) is 11.9 Å². The van der Waals surface area contributed by atoms with Crippen LogP contribution < -0.4 is 10.1 Å². The number of carbonyl (C=O) groups excluding carboxylic acids is 1. The van der Waals surface area contributed by atoms with Crippen molar-refractivity contribution in [3.05, 3.63) is 42.5 Å². The lowest BCUT2D eigenvalue weighted by molar-refractivity contribution is 0.0911. The van der Waals surface area contributed by atoms with E-state index in [1.54, 1.807) is 30.3 Å². The Balaban J connectivity index is 2.80. The minimum absolute atomic E-state index is 0.0715. The van der Waals surface area contributed by atoms with Crippen LogP contribution in [0.1, 0.15) is 23.7 Å². The van der Waals surface area contributed by atoms with Crippen LogP contribution in [0.4, 0.5) is 0 Å². The molecular weight excluding hydrogens is 230 g/mol. The number of carbonyl (C=O) groups is 1. The number of rotatable bonds is 7. The van der Waals surface area contributed by atoms with Gasteiger partial charge in [-0.05, 0) is 18.6 Å². The van der Waals surface area contributed by atoms with Crippen molar-refractivity contribution < 1.29 is 14.6 Å². The largest absolute Gasteiger partial charge is 0.489 e. The summed E-state index contributed by atoms with van der Waals surface area (Å²) in [5, 5.41) is 11.8. The van der Waals surface area contributed by atoms with Gasteiger partial charge in [0.2, 0.25) is 0 Å². The molecular formula is C14H19NO3. The first-order chi connectivity index (χ1) is 8.72. The molecule has 0 spiro atoms. The van der Waals surface area contributed by atoms with E-state index >= 15 is 0 Å². The molecule has 1 atom stereocenters. The third kappa shape index (κ3) is 3.89. The minimum Gasteiger partial charge on any atom is -0.489 e. The number of benzene rings is 1. The smallest absolute Gasteiger partial charge is 0.255 e. The highest BCUT2D eigenvalue weighted by atomic mass is 16.5. The Labute approximate surface area is 107 Å². The molecule has 0 bridgehead atoms. The highest BCUT2D eigenvalue weighted by Gasteiger charge is 2.15. The molecule has 1 amide bonds. The molecule has 0 saturated heterocycles. The maximum atomic E-state index is 12.0. The van der Waals surface area contributed by atoms with E-state index < -0.39 is 0 Å². The Morgan fingerprint density at radius 3 is 2.89 bits per heavy atom. The summed E-state index contributed by atoms with van der Waals surface area (Å²) in [5.74, 6) is 0.276. The van der Waals surface area contributed by atoms with Gasteiger partial charge in [0.1, 0.15) is 12.4 Å². The molecule has 4 heteroatoms. The molecule has 0 aromatic heterocycles. The molecule has 0 radical (unpaired) electrons. The quantitative estimate of drug-likeness (QED) is 0.724. The van der Waals surface area contributed by atoms with Crippen LogP contribution in [0.2, 0.25) is 0 Å². The predicted molar refractivity (Wildman–Crippen MR) is 70.8 cm³/mol. The van der Waals surface area contributed by atoms with Gasteiger partial charge in [0.25, 0.3) is 5.91 Å². The van der Waals surface area contributed by atoms with Gasteiger partial charge in [-0.3, -0.25) is 4.79 Å². The number of aliphatic hydroxyl groups is 1. The number of amides is 1. The lowest BCUT2D eigenvalue weighted by Gasteiger charge is -2.15. The summed E-state index contributed by atoms with van der Waals surface area (Å²) in [6.45, 7) is 5.75.